The van der Waals surface area contributed by atoms with Crippen LogP contribution in [0.3, 0.4) is 0 Å². The lowest BCUT2D eigenvalue weighted by molar-refractivity contribution is -0.124. The Morgan fingerprint density at radius 3 is 1.12 bits per heavy atom. The summed E-state index contributed by atoms with van der Waals surface area (Å²) in [5.41, 5.74) is 14.3. The first-order valence-corrected chi connectivity index (χ1v) is 13.5. The van der Waals surface area contributed by atoms with E-state index in [1.807, 2.05) is 13.8 Å². The highest BCUT2D eigenvalue weighted by Gasteiger charge is 2.32. The van der Waals surface area contributed by atoms with E-state index in [9.17, 15) is 28.8 Å². The molecule has 6 amide bonds. The van der Waals surface area contributed by atoms with Crippen LogP contribution in [-0.2, 0) is 43.0 Å². The van der Waals surface area contributed by atoms with Crippen LogP contribution in [0.2, 0.25) is 0 Å². The molecule has 0 heterocycles. The Hall–Kier alpha value is -3.34. The summed E-state index contributed by atoms with van der Waals surface area (Å²) in [6.07, 6.45) is 1.34. The minimum Gasteiger partial charge on any atom is -0.370 e. The van der Waals surface area contributed by atoms with Gasteiger partial charge in [0.15, 0.2) is 0 Å². The summed E-state index contributed by atoms with van der Waals surface area (Å²) in [4.78, 5) is 69.8. The molecule has 0 atom stereocenters. The Morgan fingerprint density at radius 2 is 0.878 bits per heavy atom. The topological polar surface area (TPSA) is 256 Å². The molecule has 0 fully saturated rings. The van der Waals surface area contributed by atoms with Crippen molar-refractivity contribution in [3.05, 3.63) is 0 Å². The lowest BCUT2D eigenvalue weighted by atomic mass is 9.82. The minimum absolute atomic E-state index is 0.0178. The van der Waals surface area contributed by atoms with Crippen molar-refractivity contribution in [3.8, 4) is 0 Å². The SMILES string of the molecule is CC(C)NC(CCC(=O)NCCOCC(N)=O)(CCC(=O)NCCOCC(N)=O)CCC(=O)NCCOCC(N)=O. The zero-order valence-corrected chi connectivity index (χ0v) is 24.1. The summed E-state index contributed by atoms with van der Waals surface area (Å²) < 4.78 is 15.1. The quantitative estimate of drug-likeness (QED) is 0.0500. The number of primary amides is 3. The Morgan fingerprint density at radius 1 is 0.585 bits per heavy atom. The second-order valence-corrected chi connectivity index (χ2v) is 9.69. The zero-order chi connectivity index (χ0) is 31.1. The maximum atomic E-state index is 12.5. The molecular weight excluding hydrogens is 542 g/mol. The van der Waals surface area contributed by atoms with Crippen molar-refractivity contribution < 1.29 is 43.0 Å². The van der Waals surface area contributed by atoms with Crippen molar-refractivity contribution in [2.75, 3.05) is 59.3 Å². The minimum atomic E-state index is -0.729. The van der Waals surface area contributed by atoms with Crippen LogP contribution < -0.4 is 38.5 Å². The van der Waals surface area contributed by atoms with Crippen LogP contribution in [0.15, 0.2) is 0 Å². The summed E-state index contributed by atoms with van der Waals surface area (Å²) in [6, 6.07) is -0.0178. The molecule has 0 aliphatic heterocycles. The Kier molecular flexibility index (Phi) is 20.5. The molecule has 0 radical (unpaired) electrons. The number of hydrogen-bond acceptors (Lipinski definition) is 10. The van der Waals surface area contributed by atoms with Crippen LogP contribution in [0.5, 0.6) is 0 Å². The van der Waals surface area contributed by atoms with E-state index in [1.54, 1.807) is 0 Å². The van der Waals surface area contributed by atoms with Crippen molar-refractivity contribution in [3.63, 3.8) is 0 Å². The molecule has 236 valence electrons. The first kappa shape index (κ1) is 37.7. The van der Waals surface area contributed by atoms with Gasteiger partial charge < -0.3 is 52.7 Å². The number of nitrogens with one attached hydrogen (secondary N) is 4. The molecule has 0 bridgehead atoms. The van der Waals surface area contributed by atoms with E-state index >= 15 is 0 Å². The second kappa shape index (κ2) is 22.4. The first-order chi connectivity index (χ1) is 19.3. The fourth-order valence-electron chi connectivity index (χ4n) is 3.83. The molecule has 0 saturated carbocycles. The lowest BCUT2D eigenvalue weighted by Crippen LogP contribution is -2.50. The summed E-state index contributed by atoms with van der Waals surface area (Å²) in [7, 11) is 0. The number of amides is 6. The van der Waals surface area contributed by atoms with Crippen LogP contribution >= 0.6 is 0 Å². The van der Waals surface area contributed by atoms with Crippen molar-refractivity contribution in [1.82, 2.24) is 21.3 Å². The van der Waals surface area contributed by atoms with E-state index in [1.165, 1.54) is 0 Å². The number of ether oxygens (including phenoxy) is 3. The molecule has 0 aromatic rings. The third-order valence-electron chi connectivity index (χ3n) is 5.53. The molecule has 10 N–H and O–H groups in total. The standard InChI is InChI=1S/C25H47N7O9/c1-18(2)32-25(6-3-22(36)29-9-12-39-15-19(26)33,7-4-23(37)30-10-13-40-16-20(27)34)8-5-24(38)31-11-14-41-17-21(28)35/h18,32H,3-17H2,1-2H3,(H2,26,33)(H2,27,34)(H2,28,35)(H,29,36)(H,30,37)(H,31,38). The van der Waals surface area contributed by atoms with Gasteiger partial charge in [-0.15, -0.1) is 0 Å². The zero-order valence-electron chi connectivity index (χ0n) is 24.1. The lowest BCUT2D eigenvalue weighted by Gasteiger charge is -2.37. The van der Waals surface area contributed by atoms with Gasteiger partial charge in [0.2, 0.25) is 35.4 Å². The van der Waals surface area contributed by atoms with Gasteiger partial charge in [-0.3, -0.25) is 28.8 Å². The normalized spacial score (nSPS) is 11.2. The van der Waals surface area contributed by atoms with Crippen LogP contribution in [0.4, 0.5) is 0 Å². The van der Waals surface area contributed by atoms with E-state index in [-0.39, 0.29) is 102 Å². The van der Waals surface area contributed by atoms with E-state index in [0.29, 0.717) is 19.3 Å². The van der Waals surface area contributed by atoms with Crippen LogP contribution in [-0.4, -0.2) is 106 Å². The highest BCUT2D eigenvalue weighted by atomic mass is 16.5. The van der Waals surface area contributed by atoms with Gasteiger partial charge in [-0.1, -0.05) is 13.8 Å². The fraction of sp³-hybridized carbons (Fsp3) is 0.760. The van der Waals surface area contributed by atoms with Gasteiger partial charge in [0.05, 0.1) is 19.8 Å². The average Bonchev–Trinajstić information content (AvgIpc) is 2.88. The molecule has 0 aliphatic carbocycles. The summed E-state index contributed by atoms with van der Waals surface area (Å²) in [5, 5.41) is 11.6. The van der Waals surface area contributed by atoms with Gasteiger partial charge >= 0.3 is 0 Å². The number of carbonyl (C=O) groups is 6. The Labute approximate surface area is 240 Å². The molecule has 41 heavy (non-hydrogen) atoms. The molecule has 0 aromatic heterocycles. The molecular formula is C25H47N7O9. The third-order valence-corrected chi connectivity index (χ3v) is 5.53. The van der Waals surface area contributed by atoms with Crippen molar-refractivity contribution in [2.45, 2.75) is 64.0 Å². The van der Waals surface area contributed by atoms with E-state index in [0.717, 1.165) is 0 Å². The highest BCUT2D eigenvalue weighted by molar-refractivity contribution is 5.78. The van der Waals surface area contributed by atoms with E-state index in [4.69, 9.17) is 31.4 Å². The number of rotatable bonds is 26. The molecule has 16 nitrogen and oxygen atoms in total. The van der Waals surface area contributed by atoms with Crippen molar-refractivity contribution >= 4 is 35.4 Å². The number of carbonyl (C=O) groups excluding carboxylic acids is 6. The van der Waals surface area contributed by atoms with Gasteiger partial charge in [0.25, 0.3) is 0 Å². The van der Waals surface area contributed by atoms with Gasteiger partial charge in [0, 0.05) is 50.5 Å². The predicted octanol–water partition coefficient (Wildman–Crippen LogP) is -3.08. The van der Waals surface area contributed by atoms with Gasteiger partial charge in [-0.05, 0) is 19.3 Å². The van der Waals surface area contributed by atoms with Crippen LogP contribution in [0.25, 0.3) is 0 Å². The fourth-order valence-corrected chi connectivity index (χ4v) is 3.83. The van der Waals surface area contributed by atoms with Crippen LogP contribution in [0.1, 0.15) is 52.4 Å². The molecule has 0 aliphatic rings. The Balaban J connectivity index is 5.12. The molecule has 0 aromatic carbocycles. The largest absolute Gasteiger partial charge is 0.370 e. The van der Waals surface area contributed by atoms with Gasteiger partial charge in [0.1, 0.15) is 19.8 Å². The van der Waals surface area contributed by atoms with Gasteiger partial charge in [-0.2, -0.15) is 0 Å². The molecule has 0 rings (SSSR count). The second-order valence-electron chi connectivity index (χ2n) is 9.69. The first-order valence-electron chi connectivity index (χ1n) is 13.5. The van der Waals surface area contributed by atoms with Gasteiger partial charge in [-0.25, -0.2) is 0 Å². The van der Waals surface area contributed by atoms with E-state index in [2.05, 4.69) is 21.3 Å². The predicted molar refractivity (Wildman–Crippen MR) is 148 cm³/mol. The van der Waals surface area contributed by atoms with Crippen molar-refractivity contribution in [1.29, 1.82) is 0 Å². The number of nitrogens with two attached hydrogens (primary N) is 3. The molecule has 0 unspecified atom stereocenters. The maximum absolute atomic E-state index is 12.5. The van der Waals surface area contributed by atoms with E-state index < -0.39 is 23.3 Å². The molecule has 0 spiro atoms. The average molecular weight is 590 g/mol. The summed E-state index contributed by atoms with van der Waals surface area (Å²) >= 11 is 0. The summed E-state index contributed by atoms with van der Waals surface area (Å²) in [6.45, 7) is 4.08. The van der Waals surface area contributed by atoms with Crippen molar-refractivity contribution in [2.24, 2.45) is 17.2 Å². The monoisotopic (exact) mass is 589 g/mol. The molecule has 16 heteroatoms. The summed E-state index contributed by atoms with van der Waals surface area (Å²) in [5.74, 6) is -2.58. The maximum Gasteiger partial charge on any atom is 0.243 e. The highest BCUT2D eigenvalue weighted by Crippen LogP contribution is 2.27. The van der Waals surface area contributed by atoms with Crippen LogP contribution in [0, 0.1) is 0 Å². The number of hydrogen-bond donors (Lipinski definition) is 7. The smallest absolute Gasteiger partial charge is 0.243 e. The Bertz CT molecular complexity index is 742. The third kappa shape index (κ3) is 23.1. The molecule has 0 saturated heterocycles.